The first kappa shape index (κ1) is 18.2. The Bertz CT molecular complexity index is 730. The third kappa shape index (κ3) is 3.67. The van der Waals surface area contributed by atoms with E-state index in [2.05, 4.69) is 0 Å². The first-order valence-corrected chi connectivity index (χ1v) is 10.4. The number of sulfone groups is 1. The van der Waals surface area contributed by atoms with Crippen LogP contribution in [0, 0.1) is 5.92 Å². The molecule has 3 rings (SSSR count). The van der Waals surface area contributed by atoms with E-state index in [-0.39, 0.29) is 23.6 Å². The Kier molecular flexibility index (Phi) is 5.06. The van der Waals surface area contributed by atoms with Crippen LogP contribution >= 0.6 is 0 Å². The summed E-state index contributed by atoms with van der Waals surface area (Å²) < 4.78 is 30.2. The van der Waals surface area contributed by atoms with Crippen LogP contribution in [0.1, 0.15) is 12.5 Å². The molecule has 0 aliphatic carbocycles. The van der Waals surface area contributed by atoms with Gasteiger partial charge in [-0.1, -0.05) is 12.1 Å². The highest BCUT2D eigenvalue weighted by Gasteiger charge is 2.53. The van der Waals surface area contributed by atoms with Gasteiger partial charge in [0.2, 0.25) is 5.91 Å². The topological polar surface area (TPSA) is 66.9 Å². The zero-order valence-corrected chi connectivity index (χ0v) is 15.8. The first-order valence-electron chi connectivity index (χ1n) is 8.69. The van der Waals surface area contributed by atoms with Crippen LogP contribution in [0.15, 0.2) is 24.3 Å². The fraction of sp³-hybridized carbons (Fsp3) is 0.611. The second-order valence-electron chi connectivity index (χ2n) is 7.12. The fourth-order valence-corrected chi connectivity index (χ4v) is 6.40. The van der Waals surface area contributed by atoms with E-state index in [0.717, 1.165) is 11.3 Å². The summed E-state index contributed by atoms with van der Waals surface area (Å²) in [5.41, 5.74) is 0.914. The van der Waals surface area contributed by atoms with Crippen molar-refractivity contribution in [2.75, 3.05) is 39.5 Å². The van der Waals surface area contributed by atoms with E-state index in [4.69, 9.17) is 4.74 Å². The molecular weight excluding hydrogens is 340 g/mol. The van der Waals surface area contributed by atoms with Crippen molar-refractivity contribution in [1.29, 1.82) is 0 Å². The molecule has 7 heteroatoms. The predicted octanol–water partition coefficient (Wildman–Crippen LogP) is 0.813. The molecule has 0 radical (unpaired) electrons. The molecule has 0 aromatic heterocycles. The molecule has 2 aliphatic heterocycles. The van der Waals surface area contributed by atoms with Crippen LogP contribution in [0.3, 0.4) is 0 Å². The number of carbonyl (C=O) groups is 1. The molecule has 138 valence electrons. The van der Waals surface area contributed by atoms with Crippen LogP contribution in [0.4, 0.5) is 0 Å². The van der Waals surface area contributed by atoms with Gasteiger partial charge in [0.25, 0.3) is 0 Å². The molecule has 2 saturated heterocycles. The average molecular weight is 366 g/mol. The number of rotatable bonds is 5. The van der Waals surface area contributed by atoms with E-state index in [9.17, 15) is 13.2 Å². The lowest BCUT2D eigenvalue weighted by atomic mass is 10.00. The molecule has 6 nitrogen and oxygen atoms in total. The zero-order valence-electron chi connectivity index (χ0n) is 15.0. The lowest BCUT2D eigenvalue weighted by Gasteiger charge is -2.25. The number of hydrogen-bond acceptors (Lipinski definition) is 5. The summed E-state index contributed by atoms with van der Waals surface area (Å²) in [5.74, 6) is 1.00. The summed E-state index contributed by atoms with van der Waals surface area (Å²) in [6.07, 6.45) is 0.290. The van der Waals surface area contributed by atoms with E-state index in [1.165, 1.54) is 0 Å². The molecule has 2 fully saturated rings. The Morgan fingerprint density at radius 2 is 1.92 bits per heavy atom. The van der Waals surface area contributed by atoms with Crippen LogP contribution in [0.2, 0.25) is 0 Å². The van der Waals surface area contributed by atoms with Crippen molar-refractivity contribution in [1.82, 2.24) is 9.80 Å². The molecule has 0 N–H and O–H groups in total. The molecule has 2 heterocycles. The van der Waals surface area contributed by atoms with E-state index >= 15 is 0 Å². The summed E-state index contributed by atoms with van der Waals surface area (Å²) in [4.78, 5) is 16.3. The number of carbonyl (C=O) groups excluding carboxylic acids is 1. The summed E-state index contributed by atoms with van der Waals surface area (Å²) in [6.45, 7) is 3.39. The monoisotopic (exact) mass is 366 g/mol. The van der Waals surface area contributed by atoms with E-state index < -0.39 is 15.1 Å². The van der Waals surface area contributed by atoms with Crippen molar-refractivity contribution in [3.05, 3.63) is 29.8 Å². The number of benzene rings is 1. The van der Waals surface area contributed by atoms with E-state index in [1.807, 2.05) is 50.2 Å². The quantitative estimate of drug-likeness (QED) is 0.772. The van der Waals surface area contributed by atoms with E-state index in [0.29, 0.717) is 26.1 Å². The number of likely N-dealkylation sites (tertiary alicyclic amines) is 1. The van der Waals surface area contributed by atoms with Crippen LogP contribution in [0.5, 0.6) is 5.75 Å². The summed E-state index contributed by atoms with van der Waals surface area (Å²) in [5, 5.41) is -0.413. The number of fused-ring (bicyclic) bond motifs is 1. The molecule has 1 aromatic carbocycles. The lowest BCUT2D eigenvalue weighted by Crippen LogP contribution is -2.39. The fourth-order valence-electron chi connectivity index (χ4n) is 3.93. The second-order valence-corrected chi connectivity index (χ2v) is 9.38. The van der Waals surface area contributed by atoms with Gasteiger partial charge in [-0.15, -0.1) is 0 Å². The maximum Gasteiger partial charge on any atom is 0.227 e. The van der Waals surface area contributed by atoms with Gasteiger partial charge in [-0.3, -0.25) is 4.79 Å². The summed E-state index contributed by atoms with van der Waals surface area (Å²) >= 11 is 0. The van der Waals surface area contributed by atoms with Gasteiger partial charge >= 0.3 is 0 Å². The molecule has 2 aliphatic rings. The minimum atomic E-state index is -3.12. The molecule has 25 heavy (non-hydrogen) atoms. The van der Waals surface area contributed by atoms with Gasteiger partial charge < -0.3 is 14.5 Å². The average Bonchev–Trinajstić information content (AvgIpc) is 3.09. The Labute approximate surface area is 149 Å². The predicted molar refractivity (Wildman–Crippen MR) is 96.4 cm³/mol. The Morgan fingerprint density at radius 3 is 2.52 bits per heavy atom. The number of hydrogen-bond donors (Lipinski definition) is 0. The molecule has 0 bridgehead atoms. The highest BCUT2D eigenvalue weighted by atomic mass is 32.2. The standard InChI is InChI=1S/C18H26N2O4S/c1-4-24-14-7-5-13(6-8-14)9-18(21)20-10-15-16(19(2)3)12-25(22,23)17(15)11-20/h5-8,15-17H,4,9-12H2,1-3H3/t15-,16+,17-/m0/s1. The first-order chi connectivity index (χ1) is 11.8. The van der Waals surface area contributed by atoms with Crippen LogP contribution in [0.25, 0.3) is 0 Å². The van der Waals surface area contributed by atoms with Gasteiger partial charge in [0.1, 0.15) is 5.75 Å². The minimum Gasteiger partial charge on any atom is -0.494 e. The van der Waals surface area contributed by atoms with Crippen LogP contribution < -0.4 is 4.74 Å². The molecule has 3 atom stereocenters. The van der Waals surface area contributed by atoms with Crippen molar-refractivity contribution in [3.8, 4) is 5.75 Å². The molecule has 0 spiro atoms. The summed E-state index contributed by atoms with van der Waals surface area (Å²) in [7, 11) is 0.698. The third-order valence-corrected chi connectivity index (χ3v) is 7.50. The maximum absolute atomic E-state index is 12.6. The number of amides is 1. The van der Waals surface area contributed by atoms with Crippen molar-refractivity contribution in [2.45, 2.75) is 24.6 Å². The van der Waals surface area contributed by atoms with Crippen LogP contribution in [-0.4, -0.2) is 75.0 Å². The van der Waals surface area contributed by atoms with Crippen molar-refractivity contribution in [2.24, 2.45) is 5.92 Å². The van der Waals surface area contributed by atoms with Crippen molar-refractivity contribution >= 4 is 15.7 Å². The van der Waals surface area contributed by atoms with Gasteiger partial charge in [-0.2, -0.15) is 0 Å². The normalized spacial score (nSPS) is 27.5. The molecule has 0 unspecified atom stereocenters. The number of ether oxygens (including phenoxy) is 1. The SMILES string of the molecule is CCOc1ccc(CC(=O)N2C[C@H]3[C@H](N(C)C)CS(=O)(=O)[C@H]3C2)cc1. The Morgan fingerprint density at radius 1 is 1.24 bits per heavy atom. The largest absolute Gasteiger partial charge is 0.494 e. The van der Waals surface area contributed by atoms with Gasteiger partial charge in [0.05, 0.1) is 24.0 Å². The van der Waals surface area contributed by atoms with E-state index in [1.54, 1.807) is 4.90 Å². The van der Waals surface area contributed by atoms with Crippen molar-refractivity contribution in [3.63, 3.8) is 0 Å². The Hall–Kier alpha value is -1.60. The molecule has 1 amide bonds. The smallest absolute Gasteiger partial charge is 0.227 e. The second kappa shape index (κ2) is 6.96. The summed E-state index contributed by atoms with van der Waals surface area (Å²) in [6, 6.07) is 7.49. The lowest BCUT2D eigenvalue weighted by molar-refractivity contribution is -0.129. The highest BCUT2D eigenvalue weighted by molar-refractivity contribution is 7.92. The van der Waals surface area contributed by atoms with Gasteiger partial charge in [-0.25, -0.2) is 8.42 Å². The van der Waals surface area contributed by atoms with Crippen LogP contribution in [-0.2, 0) is 21.1 Å². The van der Waals surface area contributed by atoms with Gasteiger partial charge in [-0.05, 0) is 38.7 Å². The molecule has 0 saturated carbocycles. The van der Waals surface area contributed by atoms with Crippen molar-refractivity contribution < 1.29 is 17.9 Å². The Balaban J connectivity index is 1.66. The minimum absolute atomic E-state index is 0.00160. The number of nitrogens with zero attached hydrogens (tertiary/aromatic N) is 2. The highest BCUT2D eigenvalue weighted by Crippen LogP contribution is 2.36. The third-order valence-electron chi connectivity index (χ3n) is 5.27. The van der Waals surface area contributed by atoms with Gasteiger partial charge in [0, 0.05) is 25.0 Å². The molecule has 1 aromatic rings. The zero-order chi connectivity index (χ0) is 18.2. The maximum atomic E-state index is 12.6. The van der Waals surface area contributed by atoms with Gasteiger partial charge in [0.15, 0.2) is 9.84 Å². The molecular formula is C18H26N2O4S.